The van der Waals surface area contributed by atoms with Crippen molar-refractivity contribution >= 4 is 0 Å². The van der Waals surface area contributed by atoms with Crippen molar-refractivity contribution in [3.63, 3.8) is 0 Å². The average molecular weight is 535 g/mol. The summed E-state index contributed by atoms with van der Waals surface area (Å²) < 4.78 is 50.0. The van der Waals surface area contributed by atoms with Gasteiger partial charge in [0.15, 0.2) is 23.7 Å². The van der Waals surface area contributed by atoms with Crippen molar-refractivity contribution < 1.29 is 43.0 Å². The molecule has 10 atom stereocenters. The minimum Gasteiger partial charge on any atom is -0.388 e. The van der Waals surface area contributed by atoms with Crippen LogP contribution in [0.15, 0.2) is 30.3 Å². The van der Waals surface area contributed by atoms with E-state index in [2.05, 4.69) is 0 Å². The fraction of sp³-hybridized carbons (Fsp3) is 0.793. The first-order chi connectivity index (χ1) is 17.9. The topological polar surface area (TPSA) is 94.1 Å². The summed E-state index contributed by atoms with van der Waals surface area (Å²) in [5, 5.41) is 11.6. The van der Waals surface area contributed by atoms with E-state index in [0.717, 1.165) is 12.0 Å². The number of hydrogen-bond acceptors (Lipinski definition) is 9. The number of benzene rings is 1. The second-order valence-corrected chi connectivity index (χ2v) is 12.7. The van der Waals surface area contributed by atoms with Gasteiger partial charge < -0.3 is 43.0 Å². The lowest BCUT2D eigenvalue weighted by molar-refractivity contribution is -0.332. The van der Waals surface area contributed by atoms with Crippen LogP contribution in [-0.2, 0) is 37.9 Å². The van der Waals surface area contributed by atoms with Gasteiger partial charge in [0.25, 0.3) is 0 Å². The monoisotopic (exact) mass is 534 g/mol. The summed E-state index contributed by atoms with van der Waals surface area (Å²) in [5.74, 6) is -1.90. The van der Waals surface area contributed by atoms with Gasteiger partial charge in [-0.3, -0.25) is 0 Å². The molecule has 38 heavy (non-hydrogen) atoms. The van der Waals surface area contributed by atoms with Gasteiger partial charge >= 0.3 is 0 Å². The van der Waals surface area contributed by atoms with Crippen LogP contribution in [-0.4, -0.2) is 78.4 Å². The van der Waals surface area contributed by atoms with Crippen LogP contribution in [0.2, 0.25) is 0 Å². The standard InChI is InChI=1S/C29H42O9/c1-27(2)32-15-21(36-27)24-22(30)19(33-26(34-24)16-10-8-7-9-11-16)12-17-13-20-25(38-29(5,6)35-20)23-18(17)14-31-28(3,4)37-23/h7-11,17-26,30H,12-15H2,1-6H3/t17?,18-,19+,20-,21-,22-,23-,24-,25-,26?/m1/s1. The molecule has 0 aromatic heterocycles. The van der Waals surface area contributed by atoms with E-state index in [-0.39, 0.29) is 30.1 Å². The molecule has 5 fully saturated rings. The third kappa shape index (κ3) is 5.30. The summed E-state index contributed by atoms with van der Waals surface area (Å²) in [6, 6.07) is 9.83. The Morgan fingerprint density at radius 1 is 0.737 bits per heavy atom. The van der Waals surface area contributed by atoms with Crippen molar-refractivity contribution in [2.75, 3.05) is 13.2 Å². The molecule has 1 aromatic rings. The molecule has 9 nitrogen and oxygen atoms in total. The molecule has 0 amide bonds. The lowest BCUT2D eigenvalue weighted by Gasteiger charge is -2.51. The quantitative estimate of drug-likeness (QED) is 0.621. The third-order valence-electron chi connectivity index (χ3n) is 8.45. The first kappa shape index (κ1) is 27.1. The molecule has 9 heteroatoms. The van der Waals surface area contributed by atoms with Crippen molar-refractivity contribution in [1.29, 1.82) is 0 Å². The molecule has 1 aliphatic carbocycles. The largest absolute Gasteiger partial charge is 0.388 e. The number of aliphatic hydroxyl groups excluding tert-OH is 1. The van der Waals surface area contributed by atoms with Crippen LogP contribution in [0.1, 0.15) is 66.2 Å². The molecule has 5 aliphatic rings. The van der Waals surface area contributed by atoms with Crippen molar-refractivity contribution in [2.24, 2.45) is 11.8 Å². The van der Waals surface area contributed by atoms with Crippen LogP contribution < -0.4 is 0 Å². The Morgan fingerprint density at radius 2 is 1.39 bits per heavy atom. The van der Waals surface area contributed by atoms with Gasteiger partial charge in [0, 0.05) is 11.5 Å². The lowest BCUT2D eigenvalue weighted by atomic mass is 9.71. The molecule has 212 valence electrons. The Morgan fingerprint density at radius 3 is 2.11 bits per heavy atom. The van der Waals surface area contributed by atoms with Crippen LogP contribution in [0.4, 0.5) is 0 Å². The van der Waals surface area contributed by atoms with Gasteiger partial charge in [0.2, 0.25) is 0 Å². The maximum atomic E-state index is 11.6. The Balaban J connectivity index is 1.26. The van der Waals surface area contributed by atoms with E-state index in [1.807, 2.05) is 71.9 Å². The number of aliphatic hydroxyl groups is 1. The Bertz CT molecular complexity index is 982. The van der Waals surface area contributed by atoms with Gasteiger partial charge in [-0.15, -0.1) is 0 Å². The summed E-state index contributed by atoms with van der Waals surface area (Å²) in [6.07, 6.45) is -2.08. The number of rotatable bonds is 4. The zero-order chi connectivity index (χ0) is 26.9. The molecule has 1 N–H and O–H groups in total. The van der Waals surface area contributed by atoms with Gasteiger partial charge in [-0.25, -0.2) is 0 Å². The molecule has 1 aromatic carbocycles. The summed E-state index contributed by atoms with van der Waals surface area (Å²) in [7, 11) is 0. The van der Waals surface area contributed by atoms with Crippen molar-refractivity contribution in [3.05, 3.63) is 35.9 Å². The highest BCUT2D eigenvalue weighted by molar-refractivity contribution is 5.17. The summed E-state index contributed by atoms with van der Waals surface area (Å²) in [4.78, 5) is 0. The van der Waals surface area contributed by atoms with Crippen LogP contribution in [0.3, 0.4) is 0 Å². The predicted molar refractivity (Wildman–Crippen MR) is 135 cm³/mol. The minimum absolute atomic E-state index is 0.0824. The molecule has 0 bridgehead atoms. The number of hydrogen-bond donors (Lipinski definition) is 1. The van der Waals surface area contributed by atoms with E-state index >= 15 is 0 Å². The smallest absolute Gasteiger partial charge is 0.184 e. The van der Waals surface area contributed by atoms with E-state index in [9.17, 15) is 5.11 Å². The Kier molecular flexibility index (Phi) is 6.94. The highest BCUT2D eigenvalue weighted by Gasteiger charge is 2.58. The molecular weight excluding hydrogens is 492 g/mol. The SMILES string of the molecule is CC1(C)OC[C@@H]2C(C[C@@H]3OC(c4ccccc4)O[C@H]([C@H]4COC(C)(C)O4)[C@@H]3O)C[C@H]3OC(C)(C)O[C@H]3[C@@H]2O1. The molecule has 1 saturated carbocycles. The molecular formula is C29H42O9. The first-order valence-corrected chi connectivity index (χ1v) is 13.9. The lowest BCUT2D eigenvalue weighted by Crippen LogP contribution is -2.60. The van der Waals surface area contributed by atoms with Crippen molar-refractivity contribution in [3.8, 4) is 0 Å². The minimum atomic E-state index is -0.896. The van der Waals surface area contributed by atoms with E-state index in [4.69, 9.17) is 37.9 Å². The molecule has 0 radical (unpaired) electrons. The van der Waals surface area contributed by atoms with E-state index in [1.54, 1.807) is 0 Å². The molecule has 0 spiro atoms. The Hall–Kier alpha value is -1.14. The van der Waals surface area contributed by atoms with Gasteiger partial charge in [-0.2, -0.15) is 0 Å². The molecule has 4 heterocycles. The van der Waals surface area contributed by atoms with Crippen molar-refractivity contribution in [2.45, 2.75) is 121 Å². The second kappa shape index (κ2) is 9.75. The van der Waals surface area contributed by atoms with E-state index in [1.165, 1.54) is 0 Å². The zero-order valence-electron chi connectivity index (χ0n) is 23.2. The van der Waals surface area contributed by atoms with E-state index < -0.39 is 48.1 Å². The third-order valence-corrected chi connectivity index (χ3v) is 8.45. The first-order valence-electron chi connectivity index (χ1n) is 13.9. The molecule has 4 saturated heterocycles. The normalized spacial score (nSPS) is 45.3. The zero-order valence-corrected chi connectivity index (χ0v) is 23.2. The molecule has 2 unspecified atom stereocenters. The second-order valence-electron chi connectivity index (χ2n) is 12.7. The average Bonchev–Trinajstić information content (AvgIpc) is 3.37. The predicted octanol–water partition coefficient (Wildman–Crippen LogP) is 3.68. The van der Waals surface area contributed by atoms with Crippen LogP contribution in [0.25, 0.3) is 0 Å². The molecule has 4 aliphatic heterocycles. The fourth-order valence-corrected chi connectivity index (χ4v) is 6.78. The summed E-state index contributed by atoms with van der Waals surface area (Å²) in [6.45, 7) is 12.4. The summed E-state index contributed by atoms with van der Waals surface area (Å²) >= 11 is 0. The summed E-state index contributed by atoms with van der Waals surface area (Å²) in [5.41, 5.74) is 0.898. The van der Waals surface area contributed by atoms with Gasteiger partial charge in [0.05, 0.1) is 31.5 Å². The van der Waals surface area contributed by atoms with Gasteiger partial charge in [0.1, 0.15) is 24.4 Å². The molecule has 6 rings (SSSR count). The van der Waals surface area contributed by atoms with E-state index in [0.29, 0.717) is 19.6 Å². The highest BCUT2D eigenvalue weighted by atomic mass is 16.8. The van der Waals surface area contributed by atoms with Crippen LogP contribution in [0.5, 0.6) is 0 Å². The maximum absolute atomic E-state index is 11.6. The fourth-order valence-electron chi connectivity index (χ4n) is 6.78. The van der Waals surface area contributed by atoms with Gasteiger partial charge in [-0.05, 0) is 60.3 Å². The van der Waals surface area contributed by atoms with Crippen LogP contribution in [0, 0.1) is 11.8 Å². The maximum Gasteiger partial charge on any atom is 0.184 e. The highest BCUT2D eigenvalue weighted by Crippen LogP contribution is 2.49. The van der Waals surface area contributed by atoms with Gasteiger partial charge in [-0.1, -0.05) is 30.3 Å². The Labute approximate surface area is 224 Å². The van der Waals surface area contributed by atoms with Crippen LogP contribution >= 0.6 is 0 Å². The number of ether oxygens (including phenoxy) is 8. The van der Waals surface area contributed by atoms with Crippen molar-refractivity contribution in [1.82, 2.24) is 0 Å². The number of fused-ring (bicyclic) bond motifs is 3.